The van der Waals surface area contributed by atoms with Crippen molar-refractivity contribution in [2.24, 2.45) is 0 Å². The number of nitrogens with one attached hydrogen (secondary N) is 1. The van der Waals surface area contributed by atoms with E-state index in [9.17, 15) is 4.79 Å². The van der Waals surface area contributed by atoms with Crippen molar-refractivity contribution in [3.05, 3.63) is 23.3 Å². The number of nitrogens with zero attached hydrogens (tertiary/aromatic N) is 1. The molecule has 0 spiro atoms. The first kappa shape index (κ1) is 15.5. The number of hydrogen-bond acceptors (Lipinski definition) is 3. The van der Waals surface area contributed by atoms with Gasteiger partial charge in [0, 0.05) is 12.6 Å². The topological polar surface area (TPSA) is 50.8 Å². The van der Waals surface area contributed by atoms with E-state index in [2.05, 4.69) is 5.32 Å². The highest BCUT2D eigenvalue weighted by molar-refractivity contribution is 5.75. The summed E-state index contributed by atoms with van der Waals surface area (Å²) < 4.78 is 10.7. The number of benzene rings is 1. The molecule has 5 nitrogen and oxygen atoms in total. The SMILES string of the molecule is COc1cc2c(cc1OC)C(C)N(C(=O)NC(C)C)CC2. The second kappa shape index (κ2) is 6.24. The van der Waals surface area contributed by atoms with Crippen LogP contribution >= 0.6 is 0 Å². The van der Waals surface area contributed by atoms with Gasteiger partial charge in [0.05, 0.1) is 20.3 Å². The Kier molecular flexibility index (Phi) is 4.60. The highest BCUT2D eigenvalue weighted by Crippen LogP contribution is 2.37. The van der Waals surface area contributed by atoms with Gasteiger partial charge < -0.3 is 19.7 Å². The minimum atomic E-state index is -0.0158. The van der Waals surface area contributed by atoms with Gasteiger partial charge in [-0.1, -0.05) is 0 Å². The van der Waals surface area contributed by atoms with Gasteiger partial charge in [0.15, 0.2) is 11.5 Å². The Balaban J connectivity index is 2.30. The van der Waals surface area contributed by atoms with Crippen LogP contribution in [0.3, 0.4) is 0 Å². The van der Waals surface area contributed by atoms with Crippen molar-refractivity contribution in [2.45, 2.75) is 39.3 Å². The van der Waals surface area contributed by atoms with Crippen LogP contribution in [0.4, 0.5) is 4.79 Å². The van der Waals surface area contributed by atoms with Crippen LogP contribution in [0, 0.1) is 0 Å². The van der Waals surface area contributed by atoms with Gasteiger partial charge in [0.1, 0.15) is 0 Å². The van der Waals surface area contributed by atoms with E-state index in [4.69, 9.17) is 9.47 Å². The third-order valence-corrected chi connectivity index (χ3v) is 3.86. The predicted octanol–water partition coefficient (Wildman–Crippen LogP) is 2.74. The standard InChI is InChI=1S/C16H24N2O3/c1-10(2)17-16(19)18-7-6-12-8-14(20-4)15(21-5)9-13(12)11(18)3/h8-11H,6-7H2,1-5H3,(H,17,19). The van der Waals surface area contributed by atoms with Crippen molar-refractivity contribution in [1.29, 1.82) is 0 Å². The maximum Gasteiger partial charge on any atom is 0.318 e. The molecular formula is C16H24N2O3. The predicted molar refractivity (Wildman–Crippen MR) is 82.0 cm³/mol. The first-order chi connectivity index (χ1) is 9.97. The van der Waals surface area contributed by atoms with Gasteiger partial charge >= 0.3 is 6.03 Å². The summed E-state index contributed by atoms with van der Waals surface area (Å²) in [7, 11) is 3.26. The molecule has 1 atom stereocenters. The summed E-state index contributed by atoms with van der Waals surface area (Å²) in [5.41, 5.74) is 2.34. The smallest absolute Gasteiger partial charge is 0.318 e. The third-order valence-electron chi connectivity index (χ3n) is 3.86. The molecule has 0 fully saturated rings. The number of amides is 2. The summed E-state index contributed by atoms with van der Waals surface area (Å²) >= 11 is 0. The molecule has 0 aliphatic carbocycles. The van der Waals surface area contributed by atoms with Gasteiger partial charge in [-0.2, -0.15) is 0 Å². The van der Waals surface area contributed by atoms with Crippen LogP contribution in [-0.4, -0.2) is 37.7 Å². The zero-order valence-electron chi connectivity index (χ0n) is 13.4. The van der Waals surface area contributed by atoms with E-state index in [1.165, 1.54) is 5.56 Å². The lowest BCUT2D eigenvalue weighted by Crippen LogP contribution is -2.46. The van der Waals surface area contributed by atoms with E-state index >= 15 is 0 Å². The normalized spacial score (nSPS) is 17.4. The molecule has 1 heterocycles. The van der Waals surface area contributed by atoms with E-state index in [-0.39, 0.29) is 18.1 Å². The number of fused-ring (bicyclic) bond motifs is 1. The van der Waals surface area contributed by atoms with Gasteiger partial charge in [0.2, 0.25) is 0 Å². The molecule has 0 saturated heterocycles. The summed E-state index contributed by atoms with van der Waals surface area (Å²) in [6.45, 7) is 6.69. The molecule has 0 radical (unpaired) electrons. The average molecular weight is 292 g/mol. The van der Waals surface area contributed by atoms with Crippen LogP contribution in [0.15, 0.2) is 12.1 Å². The van der Waals surface area contributed by atoms with Crippen LogP contribution in [-0.2, 0) is 6.42 Å². The van der Waals surface area contributed by atoms with E-state index in [0.717, 1.165) is 17.7 Å². The molecule has 1 aromatic carbocycles. The maximum atomic E-state index is 12.3. The fourth-order valence-corrected chi connectivity index (χ4v) is 2.75. The molecule has 0 bridgehead atoms. The number of ether oxygens (including phenoxy) is 2. The van der Waals surface area contributed by atoms with Crippen LogP contribution in [0.2, 0.25) is 0 Å². The molecule has 1 aliphatic rings. The third kappa shape index (κ3) is 3.06. The molecule has 0 saturated carbocycles. The molecule has 0 aromatic heterocycles. The summed E-state index contributed by atoms with van der Waals surface area (Å²) in [5, 5.41) is 2.96. The number of carbonyl (C=O) groups excluding carboxylic acids is 1. The molecular weight excluding hydrogens is 268 g/mol. The lowest BCUT2D eigenvalue weighted by atomic mass is 9.93. The van der Waals surface area contributed by atoms with Crippen molar-refractivity contribution >= 4 is 6.03 Å². The molecule has 1 N–H and O–H groups in total. The van der Waals surface area contributed by atoms with Gasteiger partial charge in [-0.25, -0.2) is 4.79 Å². The summed E-state index contributed by atoms with van der Waals surface area (Å²) in [6.07, 6.45) is 0.825. The van der Waals surface area contributed by atoms with Crippen LogP contribution in [0.1, 0.15) is 37.9 Å². The zero-order chi connectivity index (χ0) is 15.6. The van der Waals surface area contributed by atoms with Crippen molar-refractivity contribution < 1.29 is 14.3 Å². The number of rotatable bonds is 3. The second-order valence-electron chi connectivity index (χ2n) is 5.63. The summed E-state index contributed by atoms with van der Waals surface area (Å²) in [5.74, 6) is 1.44. The Labute approximate surface area is 126 Å². The van der Waals surface area contributed by atoms with Crippen LogP contribution < -0.4 is 14.8 Å². The Bertz CT molecular complexity index is 528. The first-order valence-corrected chi connectivity index (χ1v) is 7.29. The van der Waals surface area contributed by atoms with Gasteiger partial charge in [-0.3, -0.25) is 0 Å². The summed E-state index contributed by atoms with van der Waals surface area (Å²) in [4.78, 5) is 14.1. The molecule has 2 amide bonds. The molecule has 2 rings (SSSR count). The maximum absolute atomic E-state index is 12.3. The largest absolute Gasteiger partial charge is 0.493 e. The molecule has 21 heavy (non-hydrogen) atoms. The lowest BCUT2D eigenvalue weighted by molar-refractivity contribution is 0.172. The van der Waals surface area contributed by atoms with Gasteiger partial charge in [0.25, 0.3) is 0 Å². The number of urea groups is 1. The first-order valence-electron chi connectivity index (χ1n) is 7.29. The fourth-order valence-electron chi connectivity index (χ4n) is 2.75. The quantitative estimate of drug-likeness (QED) is 0.932. The van der Waals surface area contributed by atoms with Gasteiger partial charge in [-0.05, 0) is 50.5 Å². The monoisotopic (exact) mass is 292 g/mol. The molecule has 1 aromatic rings. The Morgan fingerprint density at radius 1 is 1.29 bits per heavy atom. The Hall–Kier alpha value is -1.91. The highest BCUT2D eigenvalue weighted by Gasteiger charge is 2.29. The molecule has 1 aliphatic heterocycles. The van der Waals surface area contributed by atoms with Crippen molar-refractivity contribution in [3.8, 4) is 11.5 Å². The van der Waals surface area contributed by atoms with Crippen LogP contribution in [0.5, 0.6) is 11.5 Å². The fraction of sp³-hybridized carbons (Fsp3) is 0.562. The lowest BCUT2D eigenvalue weighted by Gasteiger charge is -2.36. The average Bonchev–Trinajstić information content (AvgIpc) is 2.45. The highest BCUT2D eigenvalue weighted by atomic mass is 16.5. The van der Waals surface area contributed by atoms with E-state index in [1.54, 1.807) is 14.2 Å². The molecule has 1 unspecified atom stereocenters. The number of methoxy groups -OCH3 is 2. The van der Waals surface area contributed by atoms with E-state index in [1.807, 2.05) is 37.8 Å². The van der Waals surface area contributed by atoms with Crippen molar-refractivity contribution in [2.75, 3.05) is 20.8 Å². The number of carbonyl (C=O) groups is 1. The molecule has 116 valence electrons. The Morgan fingerprint density at radius 3 is 2.48 bits per heavy atom. The van der Waals surface area contributed by atoms with E-state index < -0.39 is 0 Å². The van der Waals surface area contributed by atoms with Crippen molar-refractivity contribution in [3.63, 3.8) is 0 Å². The minimum Gasteiger partial charge on any atom is -0.493 e. The second-order valence-corrected chi connectivity index (χ2v) is 5.63. The Morgan fingerprint density at radius 2 is 1.90 bits per heavy atom. The summed E-state index contributed by atoms with van der Waals surface area (Å²) in [6, 6.07) is 4.14. The van der Waals surface area contributed by atoms with E-state index in [0.29, 0.717) is 12.3 Å². The van der Waals surface area contributed by atoms with Crippen molar-refractivity contribution in [1.82, 2.24) is 10.2 Å². The molecule has 5 heteroatoms. The van der Waals surface area contributed by atoms with Crippen LogP contribution in [0.25, 0.3) is 0 Å². The number of hydrogen-bond donors (Lipinski definition) is 1. The van der Waals surface area contributed by atoms with Gasteiger partial charge in [-0.15, -0.1) is 0 Å². The zero-order valence-corrected chi connectivity index (χ0v) is 13.4. The minimum absolute atomic E-state index is 0.0158.